The largest absolute Gasteiger partial charge is 0.384 e. The number of likely N-dealkylation sites (tertiary alicyclic amines) is 1. The maximum atomic E-state index is 5.43. The zero-order valence-corrected chi connectivity index (χ0v) is 15.8. The zero-order chi connectivity index (χ0) is 14.6. The average molecular weight is 415 g/mol. The highest BCUT2D eigenvalue weighted by molar-refractivity contribution is 14.0. The number of hydrogen-bond donors (Lipinski definition) is 1. The van der Waals surface area contributed by atoms with Gasteiger partial charge in [-0.15, -0.1) is 24.0 Å². The first-order chi connectivity index (χ1) is 9.81. The molecule has 0 aliphatic carbocycles. The van der Waals surface area contributed by atoms with Crippen LogP contribution in [0.15, 0.2) is 4.99 Å². The van der Waals surface area contributed by atoms with Crippen LogP contribution in [0.25, 0.3) is 0 Å². The van der Waals surface area contributed by atoms with E-state index in [0.29, 0.717) is 19.1 Å². The van der Waals surface area contributed by atoms with Gasteiger partial charge in [-0.2, -0.15) is 0 Å². The minimum atomic E-state index is 0. The third kappa shape index (κ3) is 8.80. The fourth-order valence-electron chi connectivity index (χ4n) is 2.35. The van der Waals surface area contributed by atoms with Crippen LogP contribution in [0.1, 0.15) is 12.8 Å². The number of nitrogens with zero attached hydrogens (tertiary/aromatic N) is 2. The van der Waals surface area contributed by atoms with Crippen molar-refractivity contribution in [1.82, 2.24) is 10.2 Å². The summed E-state index contributed by atoms with van der Waals surface area (Å²) in [6.45, 7) is 5.86. The molecule has 21 heavy (non-hydrogen) atoms. The summed E-state index contributed by atoms with van der Waals surface area (Å²) in [6, 6.07) is 0. The number of nitrogens with one attached hydrogen (secondary N) is 1. The van der Waals surface area contributed by atoms with Crippen LogP contribution in [0.2, 0.25) is 0 Å². The van der Waals surface area contributed by atoms with E-state index in [2.05, 4.69) is 15.2 Å². The predicted molar refractivity (Wildman–Crippen MR) is 95.6 cm³/mol. The molecule has 1 aliphatic heterocycles. The summed E-state index contributed by atoms with van der Waals surface area (Å²) in [5.41, 5.74) is 0. The van der Waals surface area contributed by atoms with E-state index in [9.17, 15) is 0 Å². The Morgan fingerprint density at radius 1 is 1.24 bits per heavy atom. The van der Waals surface area contributed by atoms with Gasteiger partial charge in [0.25, 0.3) is 0 Å². The highest BCUT2D eigenvalue weighted by Gasteiger charge is 2.24. The number of rotatable bonds is 9. The van der Waals surface area contributed by atoms with Crippen LogP contribution >= 0.6 is 24.0 Å². The van der Waals surface area contributed by atoms with Gasteiger partial charge in [0.1, 0.15) is 0 Å². The monoisotopic (exact) mass is 415 g/mol. The second-order valence-electron chi connectivity index (χ2n) is 4.99. The number of ether oxygens (including phenoxy) is 3. The molecule has 0 aromatic carbocycles. The molecule has 0 bridgehead atoms. The first kappa shape index (κ1) is 20.9. The Balaban J connectivity index is 0.00000400. The molecular weight excluding hydrogens is 385 g/mol. The van der Waals surface area contributed by atoms with Gasteiger partial charge in [0.15, 0.2) is 5.96 Å². The molecule has 0 aromatic rings. The second kappa shape index (κ2) is 13.5. The fourth-order valence-corrected chi connectivity index (χ4v) is 2.35. The van der Waals surface area contributed by atoms with Crippen LogP contribution in [0.4, 0.5) is 0 Å². The third-order valence-electron chi connectivity index (χ3n) is 3.38. The van der Waals surface area contributed by atoms with E-state index in [1.165, 1.54) is 6.42 Å². The summed E-state index contributed by atoms with van der Waals surface area (Å²) >= 11 is 0. The van der Waals surface area contributed by atoms with Crippen molar-refractivity contribution in [3.8, 4) is 0 Å². The summed E-state index contributed by atoms with van der Waals surface area (Å²) in [5, 5.41) is 3.39. The molecule has 7 heteroatoms. The van der Waals surface area contributed by atoms with Crippen LogP contribution in [0.5, 0.6) is 0 Å². The van der Waals surface area contributed by atoms with E-state index in [1.54, 1.807) is 14.2 Å². The van der Waals surface area contributed by atoms with Crippen molar-refractivity contribution in [3.63, 3.8) is 0 Å². The fraction of sp³-hybridized carbons (Fsp3) is 0.929. The molecule has 1 fully saturated rings. The Morgan fingerprint density at radius 3 is 2.71 bits per heavy atom. The van der Waals surface area contributed by atoms with E-state index in [1.807, 2.05) is 7.05 Å². The highest BCUT2D eigenvalue weighted by Crippen LogP contribution is 2.16. The van der Waals surface area contributed by atoms with Crippen LogP contribution < -0.4 is 5.32 Å². The summed E-state index contributed by atoms with van der Waals surface area (Å²) in [5.74, 6) is 1.61. The summed E-state index contributed by atoms with van der Waals surface area (Å²) in [4.78, 5) is 6.64. The molecule has 1 unspecified atom stereocenters. The number of halogens is 1. The molecule has 1 N–H and O–H groups in total. The lowest BCUT2D eigenvalue weighted by atomic mass is 10.1. The lowest BCUT2D eigenvalue weighted by Gasteiger charge is -2.21. The molecule has 1 saturated heterocycles. The topological polar surface area (TPSA) is 55.3 Å². The molecular formula is C14H30IN3O3. The van der Waals surface area contributed by atoms with Crippen LogP contribution in [-0.2, 0) is 14.2 Å². The molecule has 1 atom stereocenters. The molecule has 126 valence electrons. The Kier molecular flexibility index (Phi) is 13.5. The van der Waals surface area contributed by atoms with E-state index < -0.39 is 0 Å². The Morgan fingerprint density at radius 2 is 2.05 bits per heavy atom. The molecule has 6 nitrogen and oxygen atoms in total. The van der Waals surface area contributed by atoms with E-state index >= 15 is 0 Å². The molecule has 0 aromatic heterocycles. The van der Waals surface area contributed by atoms with Gasteiger partial charge in [0.2, 0.25) is 0 Å². The lowest BCUT2D eigenvalue weighted by Crippen LogP contribution is -2.40. The maximum Gasteiger partial charge on any atom is 0.193 e. The minimum Gasteiger partial charge on any atom is -0.384 e. The lowest BCUT2D eigenvalue weighted by molar-refractivity contribution is 0.0698. The van der Waals surface area contributed by atoms with Gasteiger partial charge in [0.05, 0.1) is 19.8 Å². The third-order valence-corrected chi connectivity index (χ3v) is 3.38. The maximum absolute atomic E-state index is 5.43. The van der Waals surface area contributed by atoms with Crippen molar-refractivity contribution in [1.29, 1.82) is 0 Å². The molecule has 0 radical (unpaired) electrons. The van der Waals surface area contributed by atoms with Crippen molar-refractivity contribution in [2.24, 2.45) is 10.9 Å². The first-order valence-corrected chi connectivity index (χ1v) is 7.33. The number of aliphatic imine (C=N–C) groups is 1. The summed E-state index contributed by atoms with van der Waals surface area (Å²) < 4.78 is 15.6. The van der Waals surface area contributed by atoms with E-state index in [0.717, 1.165) is 45.2 Å². The number of methoxy groups -OCH3 is 2. The zero-order valence-electron chi connectivity index (χ0n) is 13.5. The van der Waals surface area contributed by atoms with Gasteiger partial charge in [0, 0.05) is 53.4 Å². The highest BCUT2D eigenvalue weighted by atomic mass is 127. The van der Waals surface area contributed by atoms with E-state index in [4.69, 9.17) is 14.2 Å². The molecule has 0 spiro atoms. The molecule has 1 aliphatic rings. The first-order valence-electron chi connectivity index (χ1n) is 7.33. The Labute approximate surface area is 145 Å². The molecule has 1 heterocycles. The van der Waals surface area contributed by atoms with Gasteiger partial charge in [-0.3, -0.25) is 4.99 Å². The molecule has 0 amide bonds. The quantitative estimate of drug-likeness (QED) is 0.266. The predicted octanol–water partition coefficient (Wildman–Crippen LogP) is 1.20. The second-order valence-corrected chi connectivity index (χ2v) is 4.99. The summed E-state index contributed by atoms with van der Waals surface area (Å²) in [6.07, 6.45) is 2.15. The summed E-state index contributed by atoms with van der Waals surface area (Å²) in [7, 11) is 5.28. The number of hydrogen-bond acceptors (Lipinski definition) is 4. The molecule has 0 saturated carbocycles. The van der Waals surface area contributed by atoms with Crippen molar-refractivity contribution in [2.45, 2.75) is 12.8 Å². The van der Waals surface area contributed by atoms with Gasteiger partial charge < -0.3 is 24.4 Å². The van der Waals surface area contributed by atoms with Crippen molar-refractivity contribution < 1.29 is 14.2 Å². The van der Waals surface area contributed by atoms with E-state index in [-0.39, 0.29) is 24.0 Å². The van der Waals surface area contributed by atoms with Crippen LogP contribution in [0, 0.1) is 5.92 Å². The Hall–Kier alpha value is -0.120. The van der Waals surface area contributed by atoms with Crippen molar-refractivity contribution >= 4 is 29.9 Å². The van der Waals surface area contributed by atoms with Crippen molar-refractivity contribution in [3.05, 3.63) is 0 Å². The van der Waals surface area contributed by atoms with Gasteiger partial charge >= 0.3 is 0 Å². The van der Waals surface area contributed by atoms with Crippen LogP contribution in [-0.4, -0.2) is 78.2 Å². The number of guanidine groups is 1. The van der Waals surface area contributed by atoms with Crippen molar-refractivity contribution in [2.75, 3.05) is 67.3 Å². The Bertz CT molecular complexity index is 280. The standard InChI is InChI=1S/C14H29N3O3.HI/c1-15-14(16-6-4-8-20-10-9-18-2)17-7-5-13(11-17)12-19-3;/h13H,4-12H2,1-3H3,(H,15,16);1H. The van der Waals surface area contributed by atoms with Crippen LogP contribution in [0.3, 0.4) is 0 Å². The molecule has 1 rings (SSSR count). The average Bonchev–Trinajstić information content (AvgIpc) is 2.91. The normalized spacial score (nSPS) is 18.7. The van der Waals surface area contributed by atoms with Gasteiger partial charge in [-0.05, 0) is 12.8 Å². The SMILES string of the molecule is CN=C(NCCCOCCOC)N1CCC(COC)C1.I. The van der Waals surface area contributed by atoms with Gasteiger partial charge in [-0.1, -0.05) is 0 Å². The smallest absolute Gasteiger partial charge is 0.193 e. The van der Waals surface area contributed by atoms with Gasteiger partial charge in [-0.25, -0.2) is 0 Å². The minimum absolute atomic E-state index is 0.